The molecule has 0 amide bonds. The lowest BCUT2D eigenvalue weighted by molar-refractivity contribution is -0.144. The number of hydrogen-bond donors (Lipinski definition) is 1. The molecule has 0 spiro atoms. The van der Waals surface area contributed by atoms with Crippen LogP contribution in [0.15, 0.2) is 47.3 Å². The van der Waals surface area contributed by atoms with Crippen molar-refractivity contribution >= 4 is 38.3 Å². The van der Waals surface area contributed by atoms with Crippen LogP contribution in [0, 0.1) is 0 Å². The number of esters is 1. The van der Waals surface area contributed by atoms with E-state index in [0.717, 1.165) is 46.0 Å². The molecule has 2 aromatic carbocycles. The average molecular weight is 390 g/mol. The fourth-order valence-corrected chi connectivity index (χ4v) is 5.20. The van der Waals surface area contributed by atoms with E-state index >= 15 is 0 Å². The summed E-state index contributed by atoms with van der Waals surface area (Å²) in [6, 6.07) is 13.8. The summed E-state index contributed by atoms with van der Waals surface area (Å²) in [5.74, 6) is 0.0523. The number of ether oxygens (including phenoxy) is 1. The number of benzene rings is 2. The van der Waals surface area contributed by atoms with E-state index in [0.29, 0.717) is 11.2 Å². The van der Waals surface area contributed by atoms with Gasteiger partial charge in [0.15, 0.2) is 0 Å². The average Bonchev–Trinajstić information content (AvgIpc) is 3.27. The SMILES string of the molecule is O=C(Cc1cccc2ccccc12)OCc1nc2sc3c(c2c(=O)[nH]1)CCC3. The molecule has 2 heterocycles. The van der Waals surface area contributed by atoms with Crippen LogP contribution < -0.4 is 5.56 Å². The van der Waals surface area contributed by atoms with Gasteiger partial charge in [-0.15, -0.1) is 11.3 Å². The summed E-state index contributed by atoms with van der Waals surface area (Å²) in [6.07, 6.45) is 3.25. The number of nitrogens with one attached hydrogen (secondary N) is 1. The first kappa shape index (κ1) is 17.1. The predicted octanol–water partition coefficient (Wildman–Crippen LogP) is 3.91. The van der Waals surface area contributed by atoms with E-state index in [1.165, 1.54) is 4.88 Å². The number of aromatic nitrogens is 2. The molecule has 1 aliphatic rings. The zero-order chi connectivity index (χ0) is 19.1. The van der Waals surface area contributed by atoms with Crippen LogP contribution in [0.25, 0.3) is 21.0 Å². The van der Waals surface area contributed by atoms with Gasteiger partial charge in [-0.3, -0.25) is 9.59 Å². The summed E-state index contributed by atoms with van der Waals surface area (Å²) in [7, 11) is 0. The van der Waals surface area contributed by atoms with Crippen LogP contribution in [-0.2, 0) is 35.4 Å². The topological polar surface area (TPSA) is 72.0 Å². The quantitative estimate of drug-likeness (QED) is 0.536. The Balaban J connectivity index is 1.33. The van der Waals surface area contributed by atoms with Crippen molar-refractivity contribution in [3.63, 3.8) is 0 Å². The first-order valence-electron chi connectivity index (χ1n) is 9.35. The third kappa shape index (κ3) is 2.99. The maximum Gasteiger partial charge on any atom is 0.310 e. The van der Waals surface area contributed by atoms with Crippen LogP contribution in [-0.4, -0.2) is 15.9 Å². The summed E-state index contributed by atoms with van der Waals surface area (Å²) in [6.45, 7) is -0.0304. The number of aryl methyl sites for hydroxylation is 2. The first-order valence-corrected chi connectivity index (χ1v) is 10.2. The minimum atomic E-state index is -0.340. The number of carbonyl (C=O) groups excluding carboxylic acids is 1. The molecule has 0 unspecified atom stereocenters. The van der Waals surface area contributed by atoms with E-state index in [2.05, 4.69) is 9.97 Å². The summed E-state index contributed by atoms with van der Waals surface area (Å²) in [5, 5.41) is 2.85. The van der Waals surface area contributed by atoms with Crippen LogP contribution >= 0.6 is 11.3 Å². The molecule has 0 radical (unpaired) electrons. The van der Waals surface area contributed by atoms with Crippen molar-refractivity contribution < 1.29 is 9.53 Å². The fraction of sp³-hybridized carbons (Fsp3) is 0.227. The van der Waals surface area contributed by atoms with E-state index in [-0.39, 0.29) is 24.6 Å². The number of hydrogen-bond acceptors (Lipinski definition) is 5. The van der Waals surface area contributed by atoms with E-state index in [1.54, 1.807) is 11.3 Å². The molecule has 0 atom stereocenters. The van der Waals surface area contributed by atoms with Gasteiger partial charge in [0.2, 0.25) is 0 Å². The highest BCUT2D eigenvalue weighted by molar-refractivity contribution is 7.18. The van der Waals surface area contributed by atoms with Crippen molar-refractivity contribution in [1.82, 2.24) is 9.97 Å². The lowest BCUT2D eigenvalue weighted by Gasteiger charge is -2.07. The molecule has 28 heavy (non-hydrogen) atoms. The lowest BCUT2D eigenvalue weighted by atomic mass is 10.0. The normalized spacial score (nSPS) is 13.1. The van der Waals surface area contributed by atoms with Gasteiger partial charge in [0.05, 0.1) is 11.8 Å². The van der Waals surface area contributed by atoms with Crippen molar-refractivity contribution in [2.75, 3.05) is 0 Å². The first-order chi connectivity index (χ1) is 13.7. The highest BCUT2D eigenvalue weighted by Crippen LogP contribution is 2.34. The molecule has 5 rings (SSSR count). The number of H-pyrrole nitrogens is 1. The van der Waals surface area contributed by atoms with E-state index in [4.69, 9.17) is 4.74 Å². The Morgan fingerprint density at radius 2 is 2.00 bits per heavy atom. The molecule has 6 heteroatoms. The van der Waals surface area contributed by atoms with Gasteiger partial charge in [0, 0.05) is 4.88 Å². The second-order valence-electron chi connectivity index (χ2n) is 7.03. The maximum absolute atomic E-state index is 12.5. The smallest absolute Gasteiger partial charge is 0.310 e. The predicted molar refractivity (Wildman–Crippen MR) is 110 cm³/mol. The van der Waals surface area contributed by atoms with E-state index < -0.39 is 0 Å². The largest absolute Gasteiger partial charge is 0.457 e. The van der Waals surface area contributed by atoms with Gasteiger partial charge < -0.3 is 9.72 Å². The van der Waals surface area contributed by atoms with Crippen LogP contribution in [0.1, 0.15) is 28.2 Å². The zero-order valence-corrected chi connectivity index (χ0v) is 16.0. The number of fused-ring (bicyclic) bond motifs is 4. The molecule has 0 aliphatic heterocycles. The molecule has 4 aromatic rings. The van der Waals surface area contributed by atoms with Crippen molar-refractivity contribution in [3.8, 4) is 0 Å². The van der Waals surface area contributed by atoms with Gasteiger partial charge in [-0.1, -0.05) is 42.5 Å². The van der Waals surface area contributed by atoms with Gasteiger partial charge in [-0.25, -0.2) is 4.98 Å². The lowest BCUT2D eigenvalue weighted by Crippen LogP contribution is -2.15. The van der Waals surface area contributed by atoms with Gasteiger partial charge in [0.1, 0.15) is 17.3 Å². The summed E-state index contributed by atoms with van der Waals surface area (Å²) in [5.41, 5.74) is 1.94. The molecule has 1 N–H and O–H groups in total. The molecule has 2 aromatic heterocycles. The van der Waals surface area contributed by atoms with Gasteiger partial charge >= 0.3 is 5.97 Å². The van der Waals surface area contributed by atoms with Crippen molar-refractivity contribution in [2.24, 2.45) is 0 Å². The Bertz CT molecular complexity index is 1270. The highest BCUT2D eigenvalue weighted by Gasteiger charge is 2.21. The second kappa shape index (κ2) is 6.87. The standard InChI is InChI=1S/C22H18N2O3S/c25-19(11-14-7-3-6-13-5-1-2-8-15(13)14)27-12-18-23-21(26)20-16-9-4-10-17(16)28-22(20)24-18/h1-3,5-8H,4,9-12H2,(H,23,24,26). The minimum absolute atomic E-state index is 0.0304. The molecule has 0 fully saturated rings. The summed E-state index contributed by atoms with van der Waals surface area (Å²) >= 11 is 1.58. The molecular formula is C22H18N2O3S. The Morgan fingerprint density at radius 1 is 1.14 bits per heavy atom. The third-order valence-electron chi connectivity index (χ3n) is 5.21. The summed E-state index contributed by atoms with van der Waals surface area (Å²) < 4.78 is 5.40. The Labute approximate surface area is 165 Å². The fourth-order valence-electron chi connectivity index (χ4n) is 3.92. The van der Waals surface area contributed by atoms with E-state index in [9.17, 15) is 9.59 Å². The molecule has 0 saturated heterocycles. The molecular weight excluding hydrogens is 372 g/mol. The number of thiophene rings is 1. The Kier molecular flexibility index (Phi) is 4.20. The molecule has 0 bridgehead atoms. The van der Waals surface area contributed by atoms with Gasteiger partial charge in [-0.05, 0) is 41.2 Å². The van der Waals surface area contributed by atoms with Gasteiger partial charge in [-0.2, -0.15) is 0 Å². The molecule has 5 nitrogen and oxygen atoms in total. The highest BCUT2D eigenvalue weighted by atomic mass is 32.1. The monoisotopic (exact) mass is 390 g/mol. The van der Waals surface area contributed by atoms with Crippen LogP contribution in [0.5, 0.6) is 0 Å². The zero-order valence-electron chi connectivity index (χ0n) is 15.2. The Hall–Kier alpha value is -2.99. The van der Waals surface area contributed by atoms with Crippen LogP contribution in [0.4, 0.5) is 0 Å². The van der Waals surface area contributed by atoms with E-state index in [1.807, 2.05) is 42.5 Å². The Morgan fingerprint density at radius 3 is 2.93 bits per heavy atom. The summed E-state index contributed by atoms with van der Waals surface area (Å²) in [4.78, 5) is 34.1. The number of carbonyl (C=O) groups is 1. The maximum atomic E-state index is 12.5. The number of rotatable bonds is 4. The second-order valence-corrected chi connectivity index (χ2v) is 8.11. The van der Waals surface area contributed by atoms with Crippen LogP contribution in [0.2, 0.25) is 0 Å². The van der Waals surface area contributed by atoms with Crippen molar-refractivity contribution in [3.05, 3.63) is 74.6 Å². The minimum Gasteiger partial charge on any atom is -0.457 e. The van der Waals surface area contributed by atoms with Crippen molar-refractivity contribution in [1.29, 1.82) is 0 Å². The van der Waals surface area contributed by atoms with Gasteiger partial charge in [0.25, 0.3) is 5.56 Å². The van der Waals surface area contributed by atoms with Crippen LogP contribution in [0.3, 0.4) is 0 Å². The third-order valence-corrected chi connectivity index (χ3v) is 6.39. The number of aromatic amines is 1. The van der Waals surface area contributed by atoms with Crippen molar-refractivity contribution in [2.45, 2.75) is 32.3 Å². The molecule has 140 valence electrons. The number of nitrogens with zero attached hydrogens (tertiary/aromatic N) is 1. The molecule has 1 aliphatic carbocycles. The molecule has 0 saturated carbocycles.